The molecule has 4 aromatic rings. The number of aromatic nitrogens is 7. The molecule has 11 nitrogen and oxygen atoms in total. The molecule has 1 atom stereocenters. The summed E-state index contributed by atoms with van der Waals surface area (Å²) in [6, 6.07) is 2.14. The minimum absolute atomic E-state index is 0.0393. The summed E-state index contributed by atoms with van der Waals surface area (Å²) < 4.78 is 15.1. The van der Waals surface area contributed by atoms with E-state index in [4.69, 9.17) is 19.4 Å². The number of pyridine rings is 1. The normalized spacial score (nSPS) is 15.6. The lowest BCUT2D eigenvalue weighted by Gasteiger charge is -2.28. The van der Waals surface area contributed by atoms with Crippen LogP contribution in [-0.2, 0) is 9.47 Å². The van der Waals surface area contributed by atoms with Crippen LogP contribution < -0.4 is 10.2 Å². The van der Waals surface area contributed by atoms with Crippen molar-refractivity contribution in [3.63, 3.8) is 0 Å². The van der Waals surface area contributed by atoms with Crippen molar-refractivity contribution in [2.24, 2.45) is 0 Å². The van der Waals surface area contributed by atoms with E-state index < -0.39 is 0 Å². The van der Waals surface area contributed by atoms with E-state index in [0.29, 0.717) is 31.3 Å². The first-order valence-electron chi connectivity index (χ1n) is 10.7. The predicted octanol–water partition coefficient (Wildman–Crippen LogP) is 1.93. The lowest BCUT2D eigenvalue weighted by atomic mass is 10.3. The van der Waals surface area contributed by atoms with Gasteiger partial charge in [-0.2, -0.15) is 0 Å². The zero-order valence-electron chi connectivity index (χ0n) is 18.7. The highest BCUT2D eigenvalue weighted by Crippen LogP contribution is 2.31. The second-order valence-electron chi connectivity index (χ2n) is 7.91. The van der Waals surface area contributed by atoms with Gasteiger partial charge in [-0.1, -0.05) is 0 Å². The minimum Gasteiger partial charge on any atom is -0.383 e. The van der Waals surface area contributed by atoms with Crippen LogP contribution in [0.25, 0.3) is 28.2 Å². The van der Waals surface area contributed by atoms with E-state index in [0.717, 1.165) is 47.3 Å². The molecular weight excluding hydrogens is 410 g/mol. The smallest absolute Gasteiger partial charge is 0.203 e. The maximum atomic E-state index is 5.49. The van der Waals surface area contributed by atoms with E-state index in [1.807, 2.05) is 30.8 Å². The number of hydrogen-bond donors (Lipinski definition) is 1. The Morgan fingerprint density at radius 2 is 2.03 bits per heavy atom. The number of aryl methyl sites for hydroxylation is 1. The fourth-order valence-electron chi connectivity index (χ4n) is 4.18. The summed E-state index contributed by atoms with van der Waals surface area (Å²) in [6.07, 6.45) is 3.76. The monoisotopic (exact) mass is 437 g/mol. The summed E-state index contributed by atoms with van der Waals surface area (Å²) in [5, 5.41) is 11.6. The molecule has 0 aliphatic carbocycles. The number of methoxy groups -OCH3 is 1. The van der Waals surface area contributed by atoms with Crippen molar-refractivity contribution in [3.8, 4) is 11.5 Å². The van der Waals surface area contributed by atoms with E-state index in [-0.39, 0.29) is 6.04 Å². The second kappa shape index (κ2) is 8.32. The molecule has 5 heterocycles. The molecule has 1 fully saturated rings. The van der Waals surface area contributed by atoms with Crippen LogP contribution >= 0.6 is 0 Å². The summed E-state index contributed by atoms with van der Waals surface area (Å²) in [5.74, 6) is 3.10. The molecule has 0 aromatic carbocycles. The van der Waals surface area contributed by atoms with Gasteiger partial charge in [0, 0.05) is 39.5 Å². The Hall–Kier alpha value is -3.31. The van der Waals surface area contributed by atoms with Gasteiger partial charge in [0.1, 0.15) is 22.9 Å². The first kappa shape index (κ1) is 20.6. The van der Waals surface area contributed by atoms with Crippen molar-refractivity contribution in [1.29, 1.82) is 0 Å². The first-order chi connectivity index (χ1) is 15.6. The van der Waals surface area contributed by atoms with E-state index in [2.05, 4.69) is 43.0 Å². The van der Waals surface area contributed by atoms with E-state index in [1.165, 1.54) is 0 Å². The van der Waals surface area contributed by atoms with Crippen LogP contribution in [0.5, 0.6) is 0 Å². The summed E-state index contributed by atoms with van der Waals surface area (Å²) in [4.78, 5) is 16.7. The fourth-order valence-corrected chi connectivity index (χ4v) is 4.18. The van der Waals surface area contributed by atoms with Crippen molar-refractivity contribution in [2.45, 2.75) is 19.9 Å². The van der Waals surface area contributed by atoms with Crippen LogP contribution in [0.4, 0.5) is 11.6 Å². The van der Waals surface area contributed by atoms with Gasteiger partial charge in [-0.3, -0.25) is 4.40 Å². The molecular formula is C21H27N9O2. The zero-order chi connectivity index (χ0) is 22.2. The van der Waals surface area contributed by atoms with Gasteiger partial charge >= 0.3 is 0 Å². The van der Waals surface area contributed by atoms with Crippen LogP contribution in [0.2, 0.25) is 0 Å². The molecule has 4 aromatic heterocycles. The summed E-state index contributed by atoms with van der Waals surface area (Å²) in [7, 11) is 3.53. The van der Waals surface area contributed by atoms with Crippen molar-refractivity contribution < 1.29 is 9.47 Å². The lowest BCUT2D eigenvalue weighted by Crippen LogP contribution is -2.36. The second-order valence-corrected chi connectivity index (χ2v) is 7.91. The Balaban J connectivity index is 1.71. The molecule has 32 heavy (non-hydrogen) atoms. The quantitative estimate of drug-likeness (QED) is 0.484. The third kappa shape index (κ3) is 3.43. The molecule has 168 valence electrons. The van der Waals surface area contributed by atoms with Gasteiger partial charge < -0.3 is 24.3 Å². The lowest BCUT2D eigenvalue weighted by molar-refractivity contribution is 0.122. The third-order valence-corrected chi connectivity index (χ3v) is 5.77. The fraction of sp³-hybridized carbons (Fsp3) is 0.476. The number of anilines is 2. The van der Waals surface area contributed by atoms with Gasteiger partial charge in [0.05, 0.1) is 37.6 Å². The number of nitrogens with one attached hydrogen (secondary N) is 1. The Morgan fingerprint density at radius 1 is 1.22 bits per heavy atom. The van der Waals surface area contributed by atoms with Crippen molar-refractivity contribution in [2.75, 3.05) is 57.3 Å². The molecule has 1 aliphatic heterocycles. The molecule has 1 aliphatic rings. The standard InChI is InChI=1S/C21H27N9O2/c1-13(12-31-4)30-17-9-18(28-5-7-32-8-6-28)23-10-15(17)25-20(30)16-11-29-14(2)26-27-21(29)19(22-3)24-16/h9-11,13H,5-8,12H2,1-4H3,(H,22,24). The SMILES string of the molecule is CNc1nc(-c2nc3cnc(N4CCOCC4)cc3n2C(C)COC)cn2c(C)nnc12. The molecule has 1 saturated heterocycles. The Labute approximate surface area is 185 Å². The Bertz CT molecular complexity index is 1260. The molecule has 5 rings (SSSR count). The number of nitrogens with zero attached hydrogens (tertiary/aromatic N) is 8. The van der Waals surface area contributed by atoms with Crippen LogP contribution in [0.3, 0.4) is 0 Å². The van der Waals surface area contributed by atoms with Gasteiger partial charge in [-0.05, 0) is 13.8 Å². The predicted molar refractivity (Wildman–Crippen MR) is 121 cm³/mol. The first-order valence-corrected chi connectivity index (χ1v) is 10.7. The number of morpholine rings is 1. The summed E-state index contributed by atoms with van der Waals surface area (Å²) in [6.45, 7) is 7.63. The number of rotatable bonds is 6. The van der Waals surface area contributed by atoms with E-state index in [1.54, 1.807) is 7.11 Å². The highest BCUT2D eigenvalue weighted by molar-refractivity contribution is 5.82. The number of fused-ring (bicyclic) bond motifs is 2. The molecule has 0 amide bonds. The van der Waals surface area contributed by atoms with Gasteiger partial charge in [0.15, 0.2) is 11.6 Å². The zero-order valence-corrected chi connectivity index (χ0v) is 18.7. The van der Waals surface area contributed by atoms with Crippen LogP contribution in [0, 0.1) is 6.92 Å². The topological polar surface area (TPSA) is 108 Å². The largest absolute Gasteiger partial charge is 0.383 e. The van der Waals surface area contributed by atoms with Crippen molar-refractivity contribution in [3.05, 3.63) is 24.3 Å². The van der Waals surface area contributed by atoms with Crippen LogP contribution in [0.1, 0.15) is 18.8 Å². The average Bonchev–Trinajstić information content (AvgIpc) is 3.39. The van der Waals surface area contributed by atoms with Gasteiger partial charge in [-0.15, -0.1) is 10.2 Å². The van der Waals surface area contributed by atoms with Crippen molar-refractivity contribution >= 4 is 28.3 Å². The summed E-state index contributed by atoms with van der Waals surface area (Å²) >= 11 is 0. The molecule has 1 unspecified atom stereocenters. The minimum atomic E-state index is 0.0393. The van der Waals surface area contributed by atoms with Crippen LogP contribution in [0.15, 0.2) is 18.5 Å². The highest BCUT2D eigenvalue weighted by Gasteiger charge is 2.22. The maximum Gasteiger partial charge on any atom is 0.203 e. The Kier molecular flexibility index (Phi) is 5.35. The molecule has 0 saturated carbocycles. The molecule has 0 bridgehead atoms. The average molecular weight is 438 g/mol. The molecule has 11 heteroatoms. The highest BCUT2D eigenvalue weighted by atomic mass is 16.5. The van der Waals surface area contributed by atoms with Gasteiger partial charge in [0.2, 0.25) is 5.65 Å². The third-order valence-electron chi connectivity index (χ3n) is 5.77. The Morgan fingerprint density at radius 3 is 2.78 bits per heavy atom. The molecule has 0 spiro atoms. The number of hydrogen-bond acceptors (Lipinski definition) is 9. The number of imidazole rings is 1. The van der Waals surface area contributed by atoms with Gasteiger partial charge in [0.25, 0.3) is 0 Å². The number of ether oxygens (including phenoxy) is 2. The van der Waals surface area contributed by atoms with Crippen molar-refractivity contribution in [1.82, 2.24) is 34.1 Å². The van der Waals surface area contributed by atoms with E-state index in [9.17, 15) is 0 Å². The van der Waals surface area contributed by atoms with Crippen LogP contribution in [-0.4, -0.2) is 81.2 Å². The maximum absolute atomic E-state index is 5.49. The molecule has 0 radical (unpaired) electrons. The summed E-state index contributed by atoms with van der Waals surface area (Å²) in [5.41, 5.74) is 3.21. The molecule has 1 N–H and O–H groups in total. The van der Waals surface area contributed by atoms with E-state index >= 15 is 0 Å². The van der Waals surface area contributed by atoms with Gasteiger partial charge in [-0.25, -0.2) is 15.0 Å².